The van der Waals surface area contributed by atoms with Gasteiger partial charge in [-0.2, -0.15) is 11.8 Å². The zero-order chi connectivity index (χ0) is 11.0. The van der Waals surface area contributed by atoms with Gasteiger partial charge in [0.2, 0.25) is 0 Å². The fourth-order valence-corrected chi connectivity index (χ4v) is 2.00. The van der Waals surface area contributed by atoms with Gasteiger partial charge >= 0.3 is 5.97 Å². The zero-order valence-corrected chi connectivity index (χ0v) is 9.55. The average Bonchev–Trinajstić information content (AvgIpc) is 2.16. The lowest BCUT2D eigenvalue weighted by Crippen LogP contribution is -2.32. The number of carbonyl (C=O) groups excluding carboxylic acids is 1. The minimum atomic E-state index is -0.520. The monoisotopic (exact) mass is 221 g/mol. The summed E-state index contributed by atoms with van der Waals surface area (Å²) in [6, 6.07) is -0.520. The summed E-state index contributed by atoms with van der Waals surface area (Å²) in [7, 11) is 1.34. The van der Waals surface area contributed by atoms with Crippen LogP contribution in [-0.2, 0) is 9.53 Å². The molecule has 0 aromatic heterocycles. The molecule has 4 nitrogen and oxygen atoms in total. The van der Waals surface area contributed by atoms with E-state index in [1.165, 1.54) is 7.11 Å². The zero-order valence-electron chi connectivity index (χ0n) is 8.73. The Hall–Kier alpha value is -0.260. The fraction of sp³-hybridized carbons (Fsp3) is 0.889. The highest BCUT2D eigenvalue weighted by atomic mass is 32.2. The first-order valence-electron chi connectivity index (χ1n) is 4.67. The average molecular weight is 221 g/mol. The second-order valence-electron chi connectivity index (χ2n) is 3.11. The third kappa shape index (κ3) is 6.23. The van der Waals surface area contributed by atoms with Crippen LogP contribution in [0.2, 0.25) is 0 Å². The number of nitrogens with two attached hydrogens (primary N) is 1. The molecule has 0 radical (unpaired) electrons. The molecule has 0 aliphatic rings. The van der Waals surface area contributed by atoms with Crippen LogP contribution in [0.15, 0.2) is 0 Å². The molecule has 0 heterocycles. The summed E-state index contributed by atoms with van der Waals surface area (Å²) in [4.78, 5) is 10.9. The molecule has 5 heteroatoms. The fourth-order valence-electron chi connectivity index (χ4n) is 0.931. The van der Waals surface area contributed by atoms with Crippen molar-refractivity contribution >= 4 is 17.7 Å². The van der Waals surface area contributed by atoms with Crippen LogP contribution >= 0.6 is 11.8 Å². The van der Waals surface area contributed by atoms with Crippen molar-refractivity contribution in [3.63, 3.8) is 0 Å². The third-order valence-electron chi connectivity index (χ3n) is 1.87. The largest absolute Gasteiger partial charge is 0.468 e. The number of aliphatic hydroxyl groups excluding tert-OH is 1. The molecule has 0 fully saturated rings. The normalized spacial score (nSPS) is 14.9. The lowest BCUT2D eigenvalue weighted by Gasteiger charge is -2.11. The lowest BCUT2D eigenvalue weighted by atomic mass is 10.2. The molecule has 84 valence electrons. The smallest absolute Gasteiger partial charge is 0.322 e. The van der Waals surface area contributed by atoms with Crippen LogP contribution < -0.4 is 5.73 Å². The quantitative estimate of drug-likeness (QED) is 0.608. The van der Waals surface area contributed by atoms with Gasteiger partial charge in [-0.1, -0.05) is 6.92 Å². The van der Waals surface area contributed by atoms with Gasteiger partial charge in [-0.15, -0.1) is 0 Å². The van der Waals surface area contributed by atoms with Gasteiger partial charge in [0.1, 0.15) is 6.04 Å². The Morgan fingerprint density at radius 3 is 2.71 bits per heavy atom. The van der Waals surface area contributed by atoms with Crippen LogP contribution in [0, 0.1) is 0 Å². The Morgan fingerprint density at radius 1 is 1.57 bits per heavy atom. The molecule has 2 unspecified atom stereocenters. The number of hydrogen-bond donors (Lipinski definition) is 2. The Kier molecular flexibility index (Phi) is 7.93. The molecule has 3 N–H and O–H groups in total. The molecule has 0 bridgehead atoms. The number of methoxy groups -OCH3 is 1. The number of esters is 1. The molecule has 2 atom stereocenters. The summed E-state index contributed by atoms with van der Waals surface area (Å²) in [5.41, 5.74) is 5.55. The molecule has 14 heavy (non-hydrogen) atoms. The van der Waals surface area contributed by atoms with Crippen molar-refractivity contribution in [1.82, 2.24) is 0 Å². The number of aliphatic hydroxyl groups is 1. The van der Waals surface area contributed by atoms with E-state index in [2.05, 4.69) is 4.74 Å². The van der Waals surface area contributed by atoms with Crippen molar-refractivity contribution in [2.45, 2.75) is 31.1 Å². The molecule has 0 saturated carbocycles. The number of carbonyl (C=O) groups is 1. The maximum absolute atomic E-state index is 10.9. The summed E-state index contributed by atoms with van der Waals surface area (Å²) in [6.45, 7) is 2.25. The second-order valence-corrected chi connectivity index (χ2v) is 4.66. The van der Waals surface area contributed by atoms with E-state index in [0.717, 1.165) is 12.2 Å². The Bertz CT molecular complexity index is 166. The Labute approximate surface area is 89.2 Å². The topological polar surface area (TPSA) is 72.5 Å². The van der Waals surface area contributed by atoms with Crippen LogP contribution in [0.3, 0.4) is 0 Å². The first-order valence-corrected chi connectivity index (χ1v) is 5.72. The van der Waals surface area contributed by atoms with Gasteiger partial charge < -0.3 is 15.6 Å². The van der Waals surface area contributed by atoms with Crippen LogP contribution in [0.5, 0.6) is 0 Å². The number of ether oxygens (including phenoxy) is 1. The van der Waals surface area contributed by atoms with E-state index < -0.39 is 6.04 Å². The molecule has 0 amide bonds. The van der Waals surface area contributed by atoms with Crippen molar-refractivity contribution in [1.29, 1.82) is 0 Å². The van der Waals surface area contributed by atoms with Gasteiger partial charge in [0, 0.05) is 11.9 Å². The third-order valence-corrected chi connectivity index (χ3v) is 3.15. The Morgan fingerprint density at radius 2 is 2.21 bits per heavy atom. The summed E-state index contributed by atoms with van der Waals surface area (Å²) in [5, 5.41) is 9.07. The molecule has 0 saturated heterocycles. The van der Waals surface area contributed by atoms with Crippen LogP contribution in [0.25, 0.3) is 0 Å². The highest BCUT2D eigenvalue weighted by Gasteiger charge is 2.13. The SMILES string of the molecule is COC(=O)C(N)CCSC(C)CCO. The Balaban J connectivity index is 3.48. The molecule has 0 aromatic rings. The molecular formula is C9H19NO3S. The van der Waals surface area contributed by atoms with Crippen molar-refractivity contribution in [3.05, 3.63) is 0 Å². The summed E-state index contributed by atoms with van der Waals surface area (Å²) in [6.07, 6.45) is 1.39. The minimum absolute atomic E-state index is 0.206. The maximum atomic E-state index is 10.9. The van der Waals surface area contributed by atoms with E-state index in [-0.39, 0.29) is 12.6 Å². The van der Waals surface area contributed by atoms with Crippen LogP contribution in [0.4, 0.5) is 0 Å². The summed E-state index contributed by atoms with van der Waals surface area (Å²) in [5.74, 6) is 0.456. The summed E-state index contributed by atoms with van der Waals surface area (Å²) >= 11 is 1.71. The van der Waals surface area contributed by atoms with E-state index in [9.17, 15) is 4.79 Å². The van der Waals surface area contributed by atoms with E-state index in [1.807, 2.05) is 6.92 Å². The number of rotatable bonds is 7. The maximum Gasteiger partial charge on any atom is 0.322 e. The van der Waals surface area contributed by atoms with Gasteiger partial charge in [-0.05, 0) is 18.6 Å². The predicted molar refractivity (Wildman–Crippen MR) is 58.2 cm³/mol. The highest BCUT2D eigenvalue weighted by molar-refractivity contribution is 7.99. The molecule has 0 aliphatic carbocycles. The van der Waals surface area contributed by atoms with Gasteiger partial charge in [-0.25, -0.2) is 0 Å². The van der Waals surface area contributed by atoms with Crippen molar-refractivity contribution in [2.24, 2.45) is 5.73 Å². The van der Waals surface area contributed by atoms with E-state index in [1.54, 1.807) is 11.8 Å². The first-order chi connectivity index (χ1) is 6.61. The molecule has 0 rings (SSSR count). The number of thioether (sulfide) groups is 1. The van der Waals surface area contributed by atoms with Crippen molar-refractivity contribution in [2.75, 3.05) is 19.5 Å². The molecular weight excluding hydrogens is 202 g/mol. The van der Waals surface area contributed by atoms with Gasteiger partial charge in [-0.3, -0.25) is 4.79 Å². The van der Waals surface area contributed by atoms with E-state index in [0.29, 0.717) is 11.7 Å². The second kappa shape index (κ2) is 8.08. The summed E-state index contributed by atoms with van der Waals surface area (Å²) < 4.78 is 4.50. The minimum Gasteiger partial charge on any atom is -0.468 e. The molecule has 0 aromatic carbocycles. The van der Waals surface area contributed by atoms with E-state index >= 15 is 0 Å². The molecule has 0 aliphatic heterocycles. The van der Waals surface area contributed by atoms with Gasteiger partial charge in [0.25, 0.3) is 0 Å². The molecule has 0 spiro atoms. The number of hydrogen-bond acceptors (Lipinski definition) is 5. The van der Waals surface area contributed by atoms with Crippen molar-refractivity contribution in [3.8, 4) is 0 Å². The van der Waals surface area contributed by atoms with Crippen LogP contribution in [0.1, 0.15) is 19.8 Å². The highest BCUT2D eigenvalue weighted by Crippen LogP contribution is 2.15. The van der Waals surface area contributed by atoms with E-state index in [4.69, 9.17) is 10.8 Å². The predicted octanol–water partition coefficient (Wildman–Crippen LogP) is 0.381. The van der Waals surface area contributed by atoms with Gasteiger partial charge in [0.05, 0.1) is 7.11 Å². The first kappa shape index (κ1) is 13.7. The lowest BCUT2D eigenvalue weighted by molar-refractivity contribution is -0.142. The standard InChI is InChI=1S/C9H19NO3S/c1-7(3-5-11)14-6-4-8(10)9(12)13-2/h7-8,11H,3-6,10H2,1-2H3. The van der Waals surface area contributed by atoms with Crippen molar-refractivity contribution < 1.29 is 14.6 Å². The van der Waals surface area contributed by atoms with Crippen LogP contribution in [-0.4, -0.2) is 41.8 Å². The van der Waals surface area contributed by atoms with Gasteiger partial charge in [0.15, 0.2) is 0 Å².